The highest BCUT2D eigenvalue weighted by Crippen LogP contribution is 2.16. The highest BCUT2D eigenvalue weighted by Gasteiger charge is 2.17. The number of amides is 1. The summed E-state index contributed by atoms with van der Waals surface area (Å²) in [6.45, 7) is 3.27. The Morgan fingerprint density at radius 2 is 1.74 bits per heavy atom. The molecule has 0 aliphatic carbocycles. The van der Waals surface area contributed by atoms with E-state index in [9.17, 15) is 4.79 Å². The average Bonchev–Trinajstić information content (AvgIpc) is 2.60. The zero-order valence-electron chi connectivity index (χ0n) is 14.0. The molecule has 2 aromatic carbocycles. The largest absolute Gasteiger partial charge is 0.351 e. The van der Waals surface area contributed by atoms with Gasteiger partial charge in [0.25, 0.3) is 0 Å². The van der Waals surface area contributed by atoms with Crippen LogP contribution in [0.25, 0.3) is 0 Å². The molecule has 0 saturated heterocycles. The van der Waals surface area contributed by atoms with E-state index in [2.05, 4.69) is 40.7 Å². The lowest BCUT2D eigenvalue weighted by atomic mass is 10.2. The second kappa shape index (κ2) is 8.75. The molecule has 0 aliphatic rings. The molecule has 0 spiro atoms. The maximum Gasteiger partial charge on any atom is 0.237 e. The van der Waals surface area contributed by atoms with Crippen LogP contribution >= 0.6 is 11.8 Å². The molecule has 0 aliphatic heterocycles. The number of rotatable bonds is 7. The van der Waals surface area contributed by atoms with Crippen LogP contribution in [-0.4, -0.2) is 30.2 Å². The Balaban J connectivity index is 1.85. The lowest BCUT2D eigenvalue weighted by molar-refractivity contribution is -0.125. The number of nitrogens with one attached hydrogen (secondary N) is 1. The van der Waals surface area contributed by atoms with Crippen LogP contribution in [0, 0.1) is 0 Å². The van der Waals surface area contributed by atoms with Crippen LogP contribution in [0.15, 0.2) is 59.5 Å². The first-order valence-corrected chi connectivity index (χ1v) is 8.97. The second-order valence-electron chi connectivity index (χ2n) is 5.64. The summed E-state index contributed by atoms with van der Waals surface area (Å²) in [6.07, 6.45) is 2.07. The fourth-order valence-corrected chi connectivity index (χ4v) is 2.70. The fourth-order valence-electron chi connectivity index (χ4n) is 2.29. The topological polar surface area (TPSA) is 32.3 Å². The summed E-state index contributed by atoms with van der Waals surface area (Å²) in [6, 6.07) is 18.3. The summed E-state index contributed by atoms with van der Waals surface area (Å²) in [5.74, 6) is 0.0529. The third-order valence-corrected chi connectivity index (χ3v) is 4.68. The molecule has 0 saturated carbocycles. The normalized spacial score (nSPS) is 12.2. The van der Waals surface area contributed by atoms with E-state index >= 15 is 0 Å². The van der Waals surface area contributed by atoms with E-state index in [0.717, 1.165) is 12.1 Å². The van der Waals surface area contributed by atoms with E-state index in [4.69, 9.17) is 0 Å². The Morgan fingerprint density at radius 1 is 1.09 bits per heavy atom. The van der Waals surface area contributed by atoms with Crippen molar-refractivity contribution in [1.82, 2.24) is 10.2 Å². The molecule has 2 rings (SSSR count). The van der Waals surface area contributed by atoms with Gasteiger partial charge in [-0.2, -0.15) is 0 Å². The quantitative estimate of drug-likeness (QED) is 0.789. The summed E-state index contributed by atoms with van der Waals surface area (Å²) in [5, 5.41) is 3.00. The minimum Gasteiger partial charge on any atom is -0.351 e. The number of nitrogens with zero attached hydrogens (tertiary/aromatic N) is 1. The van der Waals surface area contributed by atoms with Crippen LogP contribution in [0.1, 0.15) is 18.1 Å². The standard InChI is InChI=1S/C19H24N2OS/c1-15(19(22)20-13-16-7-5-4-6-8-16)21(2)14-17-9-11-18(23-3)12-10-17/h4-12,15H,13-14H2,1-3H3,(H,20,22)/t15-/m0/s1. The summed E-state index contributed by atoms with van der Waals surface area (Å²) in [5.41, 5.74) is 2.33. The first-order valence-electron chi connectivity index (χ1n) is 7.75. The van der Waals surface area contributed by atoms with Gasteiger partial charge < -0.3 is 5.32 Å². The van der Waals surface area contributed by atoms with Crippen molar-refractivity contribution in [2.45, 2.75) is 31.0 Å². The summed E-state index contributed by atoms with van der Waals surface area (Å²) in [4.78, 5) is 15.6. The Bertz CT molecular complexity index is 613. The fraction of sp³-hybridized carbons (Fsp3) is 0.316. The summed E-state index contributed by atoms with van der Waals surface area (Å²) >= 11 is 1.73. The van der Waals surface area contributed by atoms with Crippen molar-refractivity contribution in [3.05, 3.63) is 65.7 Å². The molecule has 4 heteroatoms. The van der Waals surface area contributed by atoms with Gasteiger partial charge in [0.2, 0.25) is 5.91 Å². The van der Waals surface area contributed by atoms with E-state index in [1.165, 1.54) is 10.5 Å². The number of hydrogen-bond acceptors (Lipinski definition) is 3. The molecule has 122 valence electrons. The number of hydrogen-bond donors (Lipinski definition) is 1. The van der Waals surface area contributed by atoms with Gasteiger partial charge in [0.15, 0.2) is 0 Å². The van der Waals surface area contributed by atoms with Crippen molar-refractivity contribution < 1.29 is 4.79 Å². The Labute approximate surface area is 143 Å². The van der Waals surface area contributed by atoms with Crippen LogP contribution in [0.4, 0.5) is 0 Å². The number of carbonyl (C=O) groups excluding carboxylic acids is 1. The van der Waals surface area contributed by atoms with E-state index in [-0.39, 0.29) is 11.9 Å². The molecule has 0 fully saturated rings. The van der Waals surface area contributed by atoms with Crippen molar-refractivity contribution in [1.29, 1.82) is 0 Å². The van der Waals surface area contributed by atoms with Gasteiger partial charge in [0.05, 0.1) is 6.04 Å². The predicted molar refractivity (Wildman–Crippen MR) is 97.4 cm³/mol. The van der Waals surface area contributed by atoms with Gasteiger partial charge in [0.1, 0.15) is 0 Å². The molecule has 0 unspecified atom stereocenters. The highest BCUT2D eigenvalue weighted by molar-refractivity contribution is 7.98. The van der Waals surface area contributed by atoms with Crippen LogP contribution in [0.2, 0.25) is 0 Å². The van der Waals surface area contributed by atoms with Crippen molar-refractivity contribution in [3.63, 3.8) is 0 Å². The van der Waals surface area contributed by atoms with Gasteiger partial charge in [-0.3, -0.25) is 9.69 Å². The first-order chi connectivity index (χ1) is 11.1. The summed E-state index contributed by atoms with van der Waals surface area (Å²) < 4.78 is 0. The van der Waals surface area contributed by atoms with Crippen LogP contribution in [-0.2, 0) is 17.9 Å². The molecule has 1 atom stereocenters. The van der Waals surface area contributed by atoms with Crippen LogP contribution in [0.5, 0.6) is 0 Å². The van der Waals surface area contributed by atoms with Gasteiger partial charge in [-0.05, 0) is 43.5 Å². The van der Waals surface area contributed by atoms with Crippen molar-refractivity contribution in [2.75, 3.05) is 13.3 Å². The third kappa shape index (κ3) is 5.41. The van der Waals surface area contributed by atoms with Gasteiger partial charge in [-0.25, -0.2) is 0 Å². The van der Waals surface area contributed by atoms with E-state index in [1.54, 1.807) is 11.8 Å². The number of benzene rings is 2. The predicted octanol–water partition coefficient (Wildman–Crippen LogP) is 3.55. The molecule has 1 N–H and O–H groups in total. The monoisotopic (exact) mass is 328 g/mol. The minimum atomic E-state index is -0.168. The van der Waals surface area contributed by atoms with Gasteiger partial charge >= 0.3 is 0 Å². The first kappa shape index (κ1) is 17.6. The smallest absolute Gasteiger partial charge is 0.237 e. The molecule has 0 radical (unpaired) electrons. The van der Waals surface area contributed by atoms with Crippen molar-refractivity contribution >= 4 is 17.7 Å². The summed E-state index contributed by atoms with van der Waals surface area (Å²) in [7, 11) is 1.98. The lowest BCUT2D eigenvalue weighted by Gasteiger charge is -2.24. The van der Waals surface area contributed by atoms with E-state index in [1.807, 2.05) is 44.3 Å². The van der Waals surface area contributed by atoms with E-state index in [0.29, 0.717) is 6.54 Å². The maximum absolute atomic E-state index is 12.3. The molecule has 23 heavy (non-hydrogen) atoms. The number of thioether (sulfide) groups is 1. The molecule has 1 amide bonds. The van der Waals surface area contributed by atoms with Crippen molar-refractivity contribution in [3.8, 4) is 0 Å². The van der Waals surface area contributed by atoms with Crippen LogP contribution in [0.3, 0.4) is 0 Å². The molecular weight excluding hydrogens is 304 g/mol. The number of carbonyl (C=O) groups is 1. The zero-order chi connectivity index (χ0) is 16.7. The molecular formula is C19H24N2OS. The average molecular weight is 328 g/mol. The molecule has 0 aromatic heterocycles. The molecule has 0 bridgehead atoms. The SMILES string of the molecule is CSc1ccc(CN(C)[C@@H](C)C(=O)NCc2ccccc2)cc1. The number of likely N-dealkylation sites (N-methyl/N-ethyl adjacent to an activating group) is 1. The Morgan fingerprint density at radius 3 is 2.35 bits per heavy atom. The van der Waals surface area contributed by atoms with Crippen molar-refractivity contribution in [2.24, 2.45) is 0 Å². The maximum atomic E-state index is 12.3. The minimum absolute atomic E-state index is 0.0529. The van der Waals surface area contributed by atoms with Gasteiger partial charge in [-0.15, -0.1) is 11.8 Å². The van der Waals surface area contributed by atoms with Crippen LogP contribution < -0.4 is 5.32 Å². The Kier molecular flexibility index (Phi) is 6.68. The molecule has 0 heterocycles. The molecule has 3 nitrogen and oxygen atoms in total. The van der Waals surface area contributed by atoms with E-state index < -0.39 is 0 Å². The van der Waals surface area contributed by atoms with Gasteiger partial charge in [0, 0.05) is 18.0 Å². The lowest BCUT2D eigenvalue weighted by Crippen LogP contribution is -2.42. The zero-order valence-corrected chi connectivity index (χ0v) is 14.8. The third-order valence-electron chi connectivity index (χ3n) is 3.94. The Hall–Kier alpha value is -1.78. The van der Waals surface area contributed by atoms with Gasteiger partial charge in [-0.1, -0.05) is 42.5 Å². The molecule has 2 aromatic rings. The second-order valence-corrected chi connectivity index (χ2v) is 6.52. The highest BCUT2D eigenvalue weighted by atomic mass is 32.2.